The van der Waals surface area contributed by atoms with Gasteiger partial charge in [-0.15, -0.1) is 11.3 Å². The Morgan fingerprint density at radius 3 is 1.33 bits per heavy atom. The van der Waals surface area contributed by atoms with Crippen molar-refractivity contribution in [1.82, 2.24) is 19.9 Å². The lowest BCUT2D eigenvalue weighted by atomic mass is 9.94. The number of rotatable bonds is 7. The van der Waals surface area contributed by atoms with E-state index in [-0.39, 0.29) is 0 Å². The first-order valence-corrected chi connectivity index (χ1v) is 19.1. The molecule has 0 atom stereocenters. The second kappa shape index (κ2) is 14.0. The van der Waals surface area contributed by atoms with E-state index in [2.05, 4.69) is 158 Å². The minimum absolute atomic E-state index is 0.722. The van der Waals surface area contributed by atoms with Crippen LogP contribution >= 0.6 is 11.3 Å². The summed E-state index contributed by atoms with van der Waals surface area (Å²) in [7, 11) is 0. The summed E-state index contributed by atoms with van der Waals surface area (Å²) in [5, 5.41) is 1.16. The largest absolute Gasteiger partial charge is 0.252 e. The van der Waals surface area contributed by atoms with Crippen LogP contribution in [-0.4, -0.2) is 19.9 Å². The molecule has 3 aromatic heterocycles. The SMILES string of the molecule is c1ccc(-c2nccnc2-c2cccc(-c3cccc(-c4cccc(-c5cccc(-c6nc(-c7ccccc7)c7sc8ccccc8c7n6)c5)c4)c3)c2)cc1. The molecular formula is C50H32N4S. The van der Waals surface area contributed by atoms with Gasteiger partial charge in [0.2, 0.25) is 0 Å². The lowest BCUT2D eigenvalue weighted by Gasteiger charge is -2.12. The molecule has 0 aliphatic heterocycles. The number of thiophene rings is 1. The van der Waals surface area contributed by atoms with Crippen molar-refractivity contribution >= 4 is 31.6 Å². The van der Waals surface area contributed by atoms with Gasteiger partial charge in [-0.3, -0.25) is 9.97 Å². The fourth-order valence-corrected chi connectivity index (χ4v) is 8.46. The summed E-state index contributed by atoms with van der Waals surface area (Å²) >= 11 is 1.75. The highest BCUT2D eigenvalue weighted by Crippen LogP contribution is 2.40. The van der Waals surface area contributed by atoms with Crippen LogP contribution in [0.25, 0.3) is 98.8 Å². The number of fused-ring (bicyclic) bond motifs is 3. The van der Waals surface area contributed by atoms with Crippen LogP contribution in [0.1, 0.15) is 0 Å². The van der Waals surface area contributed by atoms with E-state index in [0.29, 0.717) is 0 Å². The summed E-state index contributed by atoms with van der Waals surface area (Å²) in [5.74, 6) is 0.722. The first-order chi connectivity index (χ1) is 27.2. The third-order valence-electron chi connectivity index (χ3n) is 9.99. The predicted octanol–water partition coefficient (Wildman–Crippen LogP) is 13.3. The fraction of sp³-hybridized carbons (Fsp3) is 0. The molecule has 0 spiro atoms. The van der Waals surface area contributed by atoms with Crippen molar-refractivity contribution in [1.29, 1.82) is 0 Å². The Hall–Kier alpha value is -7.08. The quantitative estimate of drug-likeness (QED) is 0.164. The molecule has 5 heteroatoms. The molecule has 0 saturated carbocycles. The topological polar surface area (TPSA) is 51.6 Å². The van der Waals surface area contributed by atoms with Crippen LogP contribution in [0.2, 0.25) is 0 Å². The molecule has 258 valence electrons. The third-order valence-corrected chi connectivity index (χ3v) is 11.2. The molecule has 0 radical (unpaired) electrons. The van der Waals surface area contributed by atoms with Crippen LogP contribution in [0, 0.1) is 0 Å². The van der Waals surface area contributed by atoms with Crippen LogP contribution in [0.4, 0.5) is 0 Å². The zero-order valence-corrected chi connectivity index (χ0v) is 30.5. The smallest absolute Gasteiger partial charge is 0.160 e. The van der Waals surface area contributed by atoms with E-state index < -0.39 is 0 Å². The number of hydrogen-bond acceptors (Lipinski definition) is 5. The molecule has 55 heavy (non-hydrogen) atoms. The van der Waals surface area contributed by atoms with Crippen LogP contribution < -0.4 is 0 Å². The molecule has 0 unspecified atom stereocenters. The van der Waals surface area contributed by atoms with Gasteiger partial charge < -0.3 is 0 Å². The van der Waals surface area contributed by atoms with Gasteiger partial charge in [-0.1, -0.05) is 152 Å². The van der Waals surface area contributed by atoms with E-state index in [1.54, 1.807) is 23.7 Å². The first-order valence-electron chi connectivity index (χ1n) is 18.3. The van der Waals surface area contributed by atoms with Crippen LogP contribution in [0.15, 0.2) is 194 Å². The van der Waals surface area contributed by atoms with E-state index in [4.69, 9.17) is 19.9 Å². The maximum absolute atomic E-state index is 5.21. The van der Waals surface area contributed by atoms with Crippen molar-refractivity contribution in [2.75, 3.05) is 0 Å². The van der Waals surface area contributed by atoms with E-state index in [1.807, 2.05) is 24.3 Å². The van der Waals surface area contributed by atoms with E-state index in [1.165, 1.54) is 4.70 Å². The highest BCUT2D eigenvalue weighted by atomic mass is 32.1. The molecule has 10 aromatic rings. The molecule has 0 amide bonds. The zero-order valence-electron chi connectivity index (χ0n) is 29.7. The van der Waals surface area contributed by atoms with E-state index in [0.717, 1.165) is 94.1 Å². The van der Waals surface area contributed by atoms with Gasteiger partial charge in [-0.05, 0) is 63.7 Å². The monoisotopic (exact) mass is 720 g/mol. The molecule has 0 fully saturated rings. The standard InChI is InChI=1S/C50H32N4S/c1-3-13-33(14-4-1)45-46(52-28-27-51-45)41-23-11-21-39(31-41)37-19-9-17-35(29-37)36-18-10-20-38(30-36)40-22-12-24-42(32-40)50-53-47(34-15-5-2-6-16-34)49-48(54-50)43-25-7-8-26-44(43)55-49/h1-32H. The maximum Gasteiger partial charge on any atom is 0.160 e. The Kier molecular flexibility index (Phi) is 8.32. The molecule has 0 aliphatic rings. The Morgan fingerprint density at radius 1 is 0.327 bits per heavy atom. The van der Waals surface area contributed by atoms with Gasteiger partial charge >= 0.3 is 0 Å². The van der Waals surface area contributed by atoms with E-state index in [9.17, 15) is 0 Å². The van der Waals surface area contributed by atoms with Gasteiger partial charge in [-0.2, -0.15) is 0 Å². The molecule has 7 aromatic carbocycles. The molecule has 4 nitrogen and oxygen atoms in total. The van der Waals surface area contributed by atoms with Crippen molar-refractivity contribution in [3.05, 3.63) is 194 Å². The summed E-state index contributed by atoms with van der Waals surface area (Å²) in [4.78, 5) is 19.9. The molecule has 0 bridgehead atoms. The summed E-state index contributed by atoms with van der Waals surface area (Å²) in [6.45, 7) is 0. The zero-order chi connectivity index (χ0) is 36.6. The van der Waals surface area contributed by atoms with Gasteiger partial charge in [0.15, 0.2) is 5.82 Å². The Balaban J connectivity index is 0.998. The normalized spacial score (nSPS) is 11.3. The molecular weight excluding hydrogens is 689 g/mol. The third kappa shape index (κ3) is 6.27. The number of nitrogens with zero attached hydrogens (tertiary/aromatic N) is 4. The van der Waals surface area contributed by atoms with Crippen molar-refractivity contribution in [3.63, 3.8) is 0 Å². The summed E-state index contributed by atoms with van der Waals surface area (Å²) in [6.07, 6.45) is 3.52. The number of benzene rings is 7. The Labute approximate surface area is 323 Å². The van der Waals surface area contributed by atoms with Gasteiger partial charge in [0.25, 0.3) is 0 Å². The average Bonchev–Trinajstić information content (AvgIpc) is 3.66. The molecule has 0 saturated heterocycles. The Bertz CT molecular complexity index is 2990. The van der Waals surface area contributed by atoms with Crippen LogP contribution in [0.5, 0.6) is 0 Å². The molecule has 10 rings (SSSR count). The molecule has 0 N–H and O–H groups in total. The predicted molar refractivity (Wildman–Crippen MR) is 229 cm³/mol. The van der Waals surface area contributed by atoms with Crippen LogP contribution in [-0.2, 0) is 0 Å². The summed E-state index contributed by atoms with van der Waals surface area (Å²) < 4.78 is 2.32. The van der Waals surface area contributed by atoms with Gasteiger partial charge in [0, 0.05) is 44.7 Å². The highest BCUT2D eigenvalue weighted by molar-refractivity contribution is 7.26. The van der Waals surface area contributed by atoms with Crippen molar-refractivity contribution in [2.45, 2.75) is 0 Å². The fourth-order valence-electron chi connectivity index (χ4n) is 7.31. The van der Waals surface area contributed by atoms with Crippen molar-refractivity contribution < 1.29 is 0 Å². The van der Waals surface area contributed by atoms with Crippen molar-refractivity contribution in [2.24, 2.45) is 0 Å². The molecule has 0 aliphatic carbocycles. The highest BCUT2D eigenvalue weighted by Gasteiger charge is 2.17. The Morgan fingerprint density at radius 2 is 0.745 bits per heavy atom. The number of aromatic nitrogens is 4. The number of hydrogen-bond donors (Lipinski definition) is 0. The second-order valence-corrected chi connectivity index (χ2v) is 14.5. The summed E-state index contributed by atoms with van der Waals surface area (Å²) in [6, 6.07) is 63.8. The average molecular weight is 721 g/mol. The van der Waals surface area contributed by atoms with Crippen molar-refractivity contribution in [3.8, 4) is 78.5 Å². The minimum Gasteiger partial charge on any atom is -0.252 e. The summed E-state index contributed by atoms with van der Waals surface area (Å²) in [5.41, 5.74) is 14.7. The van der Waals surface area contributed by atoms with Gasteiger partial charge in [-0.25, -0.2) is 9.97 Å². The second-order valence-electron chi connectivity index (χ2n) is 13.5. The first kappa shape index (κ1) is 32.6. The lowest BCUT2D eigenvalue weighted by Crippen LogP contribution is -1.94. The minimum atomic E-state index is 0.722. The maximum atomic E-state index is 5.21. The van der Waals surface area contributed by atoms with Crippen LogP contribution in [0.3, 0.4) is 0 Å². The molecule has 3 heterocycles. The van der Waals surface area contributed by atoms with E-state index >= 15 is 0 Å². The lowest BCUT2D eigenvalue weighted by molar-refractivity contribution is 1.21. The van der Waals surface area contributed by atoms with Gasteiger partial charge in [0.05, 0.1) is 27.3 Å². The van der Waals surface area contributed by atoms with Gasteiger partial charge in [0.1, 0.15) is 0 Å².